The second-order valence-corrected chi connectivity index (χ2v) is 12.9. The van der Waals surface area contributed by atoms with E-state index in [1.807, 2.05) is 34.9 Å². The maximum absolute atomic E-state index is 16.0. The number of nitrogens with zero attached hydrogens (tertiary/aromatic N) is 3. The van der Waals surface area contributed by atoms with Crippen LogP contribution in [0, 0.1) is 5.82 Å². The topological polar surface area (TPSA) is 88.1 Å². The molecule has 1 atom stereocenters. The van der Waals surface area contributed by atoms with E-state index in [4.69, 9.17) is 9.47 Å². The van der Waals surface area contributed by atoms with E-state index in [0.29, 0.717) is 48.4 Å². The Balaban J connectivity index is 1.23. The monoisotopic (exact) mass is 623 g/mol. The molecule has 0 radical (unpaired) electrons. The number of rotatable bonds is 8. The number of anilines is 1. The summed E-state index contributed by atoms with van der Waals surface area (Å²) in [4.78, 5) is 32.0. The van der Waals surface area contributed by atoms with E-state index in [1.165, 1.54) is 6.07 Å². The molecule has 0 saturated carbocycles. The van der Waals surface area contributed by atoms with Crippen molar-refractivity contribution < 1.29 is 18.7 Å². The van der Waals surface area contributed by atoms with Gasteiger partial charge in [-0.2, -0.15) is 0 Å². The van der Waals surface area contributed by atoms with Crippen molar-refractivity contribution in [1.82, 2.24) is 19.7 Å². The summed E-state index contributed by atoms with van der Waals surface area (Å²) in [5.74, 6) is 0.286. The molecular weight excluding hydrogens is 585 g/mol. The number of likely N-dealkylation sites (tertiary alicyclic amines) is 2. The van der Waals surface area contributed by atoms with Crippen LogP contribution in [-0.2, 0) is 6.61 Å². The number of benzene rings is 3. The van der Waals surface area contributed by atoms with Crippen LogP contribution in [0.4, 0.5) is 10.1 Å². The van der Waals surface area contributed by atoms with Gasteiger partial charge in [0.1, 0.15) is 29.1 Å². The van der Waals surface area contributed by atoms with E-state index >= 15 is 4.39 Å². The van der Waals surface area contributed by atoms with E-state index < -0.39 is 17.2 Å². The van der Waals surface area contributed by atoms with Gasteiger partial charge in [0, 0.05) is 43.5 Å². The van der Waals surface area contributed by atoms with Crippen LogP contribution >= 0.6 is 0 Å². The molecule has 8 rings (SSSR count). The van der Waals surface area contributed by atoms with Crippen molar-refractivity contribution >= 4 is 22.5 Å². The molecule has 0 spiro atoms. The average Bonchev–Trinajstić information content (AvgIpc) is 3.74. The third kappa shape index (κ3) is 5.00. The Morgan fingerprint density at radius 1 is 1.02 bits per heavy atom. The lowest BCUT2D eigenvalue weighted by Gasteiger charge is -2.29. The minimum atomic E-state index is -0.593. The van der Waals surface area contributed by atoms with Gasteiger partial charge in [-0.3, -0.25) is 9.59 Å². The number of carbonyl (C=O) groups excluding carboxylic acids is 1. The number of carbonyl (C=O) groups is 1. The number of aromatic nitrogens is 1. The summed E-state index contributed by atoms with van der Waals surface area (Å²) >= 11 is 0. The van der Waals surface area contributed by atoms with Gasteiger partial charge in [-0.15, -0.1) is 0 Å². The van der Waals surface area contributed by atoms with Gasteiger partial charge < -0.3 is 34.5 Å². The van der Waals surface area contributed by atoms with Crippen LogP contribution < -0.4 is 25.5 Å². The van der Waals surface area contributed by atoms with Crippen molar-refractivity contribution in [2.24, 2.45) is 0 Å². The Hall–Kier alpha value is -4.41. The summed E-state index contributed by atoms with van der Waals surface area (Å²) in [5.41, 5.74) is 3.72. The van der Waals surface area contributed by atoms with E-state index in [0.717, 1.165) is 75.0 Å². The minimum absolute atomic E-state index is 0.0357. The lowest BCUT2D eigenvalue weighted by molar-refractivity contribution is 0.0948. The molecule has 4 aliphatic rings. The molecule has 0 bridgehead atoms. The molecule has 3 aromatic carbocycles. The summed E-state index contributed by atoms with van der Waals surface area (Å²) < 4.78 is 30.4. The first-order chi connectivity index (χ1) is 22.5. The van der Waals surface area contributed by atoms with E-state index in [1.54, 1.807) is 6.20 Å². The predicted molar refractivity (Wildman–Crippen MR) is 176 cm³/mol. The number of hydrogen-bond donors (Lipinski definition) is 2. The maximum Gasteiger partial charge on any atom is 0.256 e. The molecule has 1 unspecified atom stereocenters. The number of halogens is 1. The number of pyridine rings is 1. The molecule has 2 N–H and O–H groups in total. The Morgan fingerprint density at radius 3 is 2.70 bits per heavy atom. The summed E-state index contributed by atoms with van der Waals surface area (Å²) in [5, 5.41) is 6.32. The quantitative estimate of drug-likeness (QED) is 0.236. The first-order valence-electron chi connectivity index (χ1n) is 16.4. The average molecular weight is 624 g/mol. The van der Waals surface area contributed by atoms with Crippen molar-refractivity contribution in [2.45, 2.75) is 44.8 Å². The molecular formula is C36H38FN5O4. The summed E-state index contributed by atoms with van der Waals surface area (Å²) in [6.45, 7) is 5.23. The molecule has 2 fully saturated rings. The highest BCUT2D eigenvalue weighted by atomic mass is 19.1. The zero-order valence-corrected chi connectivity index (χ0v) is 26.0. The number of fused-ring (bicyclic) bond motifs is 5. The number of ether oxygens (including phenoxy) is 2. The van der Waals surface area contributed by atoms with Crippen molar-refractivity contribution in [2.75, 3.05) is 51.6 Å². The Morgan fingerprint density at radius 2 is 1.87 bits per heavy atom. The Bertz CT molecular complexity index is 1920. The molecule has 5 heterocycles. The van der Waals surface area contributed by atoms with E-state index in [9.17, 15) is 9.59 Å². The summed E-state index contributed by atoms with van der Waals surface area (Å²) in [7, 11) is 2.12. The molecule has 10 heteroatoms. The minimum Gasteiger partial charge on any atom is -0.488 e. The van der Waals surface area contributed by atoms with Crippen LogP contribution in [0.15, 0.2) is 53.5 Å². The van der Waals surface area contributed by atoms with Crippen molar-refractivity contribution in [3.63, 3.8) is 0 Å². The van der Waals surface area contributed by atoms with E-state index in [2.05, 4.69) is 33.5 Å². The van der Waals surface area contributed by atoms with E-state index in [-0.39, 0.29) is 22.4 Å². The van der Waals surface area contributed by atoms with Crippen LogP contribution in [0.2, 0.25) is 0 Å². The number of hydrogen-bond acceptors (Lipinski definition) is 7. The molecule has 0 aliphatic carbocycles. The second-order valence-electron chi connectivity index (χ2n) is 12.9. The third-order valence-electron chi connectivity index (χ3n) is 10.0. The number of amides is 1. The van der Waals surface area contributed by atoms with Crippen LogP contribution in [0.5, 0.6) is 17.2 Å². The van der Waals surface area contributed by atoms with Gasteiger partial charge in [-0.25, -0.2) is 4.39 Å². The molecule has 2 saturated heterocycles. The molecule has 4 aliphatic heterocycles. The molecule has 9 nitrogen and oxygen atoms in total. The van der Waals surface area contributed by atoms with Crippen LogP contribution in [0.1, 0.15) is 48.0 Å². The maximum atomic E-state index is 16.0. The van der Waals surface area contributed by atoms with Crippen molar-refractivity contribution in [3.05, 3.63) is 75.8 Å². The third-order valence-corrected chi connectivity index (χ3v) is 10.0. The first-order valence-corrected chi connectivity index (χ1v) is 16.4. The fourth-order valence-electron chi connectivity index (χ4n) is 7.50. The summed E-state index contributed by atoms with van der Waals surface area (Å²) in [6.07, 6.45) is 7.03. The lowest BCUT2D eigenvalue weighted by atomic mass is 9.95. The SMILES string of the molecule is CN1CCCC1CCNc1c(F)cc2c(=O)c(C(=O)NCCN3CCCC3)cn3c2c1Oc1cc2c(cc1-3)-c1ccccc1CO2. The van der Waals surface area contributed by atoms with Gasteiger partial charge in [-0.1, -0.05) is 24.3 Å². The second kappa shape index (κ2) is 11.7. The molecule has 238 valence electrons. The Labute approximate surface area is 266 Å². The highest BCUT2D eigenvalue weighted by Crippen LogP contribution is 2.49. The smallest absolute Gasteiger partial charge is 0.256 e. The molecule has 1 aromatic heterocycles. The van der Waals surface area contributed by atoms with Gasteiger partial charge in [-0.05, 0) is 82.0 Å². The summed E-state index contributed by atoms with van der Waals surface area (Å²) in [6, 6.07) is 13.5. The lowest BCUT2D eigenvalue weighted by Crippen LogP contribution is -2.36. The molecule has 46 heavy (non-hydrogen) atoms. The Kier molecular flexibility index (Phi) is 7.41. The van der Waals surface area contributed by atoms with Gasteiger partial charge in [0.2, 0.25) is 5.43 Å². The highest BCUT2D eigenvalue weighted by molar-refractivity contribution is 6.01. The van der Waals surface area contributed by atoms with Crippen molar-refractivity contribution in [1.29, 1.82) is 0 Å². The van der Waals surface area contributed by atoms with Gasteiger partial charge >= 0.3 is 0 Å². The molecule has 4 aromatic rings. The largest absolute Gasteiger partial charge is 0.488 e. The fourth-order valence-corrected chi connectivity index (χ4v) is 7.50. The highest BCUT2D eigenvalue weighted by Gasteiger charge is 2.31. The normalized spacial score (nSPS) is 18.4. The van der Waals surface area contributed by atoms with Crippen LogP contribution in [0.3, 0.4) is 0 Å². The van der Waals surface area contributed by atoms with Gasteiger partial charge in [0.25, 0.3) is 5.91 Å². The van der Waals surface area contributed by atoms with Gasteiger partial charge in [0.05, 0.1) is 11.1 Å². The predicted octanol–water partition coefficient (Wildman–Crippen LogP) is 5.52. The zero-order valence-electron chi connectivity index (χ0n) is 26.0. The fraction of sp³-hybridized carbons (Fsp3) is 0.389. The first kappa shape index (κ1) is 29.0. The molecule has 1 amide bonds. The van der Waals surface area contributed by atoms with Gasteiger partial charge in [0.15, 0.2) is 17.3 Å². The zero-order chi connectivity index (χ0) is 31.4. The van der Waals surface area contributed by atoms with Crippen LogP contribution in [-0.4, -0.2) is 72.6 Å². The standard InChI is InChI=1S/C36H38FN5O4/c1-40-13-6-8-23(40)10-11-38-32-28(37)17-26-33-35(32)46-31-19-30-25(24-9-3-2-7-22(24)21-45-30)18-29(31)42(33)20-27(34(26)43)36(44)39-12-16-41-14-4-5-15-41/h2-3,7,9,17-20,23,38H,4-6,8,10-16,21H2,1H3,(H,39,44). The van der Waals surface area contributed by atoms with Crippen LogP contribution in [0.25, 0.3) is 27.7 Å². The van der Waals surface area contributed by atoms with Crippen molar-refractivity contribution in [3.8, 4) is 34.1 Å². The number of nitrogens with one attached hydrogen (secondary N) is 2.